The zero-order chi connectivity index (χ0) is 12.7. The number of hydrogen-bond donors (Lipinski definition) is 0. The Morgan fingerprint density at radius 2 is 2.06 bits per heavy atom. The van der Waals surface area contributed by atoms with Crippen molar-refractivity contribution in [1.29, 1.82) is 0 Å². The van der Waals surface area contributed by atoms with Crippen molar-refractivity contribution in [2.45, 2.75) is 45.1 Å². The van der Waals surface area contributed by atoms with E-state index in [2.05, 4.69) is 10.1 Å². The summed E-state index contributed by atoms with van der Waals surface area (Å²) in [5.41, 5.74) is 1.46. The molecule has 0 unspecified atom stereocenters. The lowest BCUT2D eigenvalue weighted by Crippen LogP contribution is -2.14. The van der Waals surface area contributed by atoms with E-state index in [1.807, 2.05) is 11.6 Å². The monoisotopic (exact) mass is 267 g/mol. The SMILES string of the molecule is Cc1nn(C2CCCCC2)c2cnc(Cl)c(F)c12. The first kappa shape index (κ1) is 11.9. The van der Waals surface area contributed by atoms with Gasteiger partial charge in [-0.25, -0.2) is 9.37 Å². The molecule has 3 rings (SSSR count). The first-order valence-corrected chi connectivity index (χ1v) is 6.75. The summed E-state index contributed by atoms with van der Waals surface area (Å²) in [7, 11) is 0. The van der Waals surface area contributed by atoms with Gasteiger partial charge >= 0.3 is 0 Å². The van der Waals surface area contributed by atoms with Crippen LogP contribution in [0.15, 0.2) is 6.20 Å². The highest BCUT2D eigenvalue weighted by Crippen LogP contribution is 2.33. The van der Waals surface area contributed by atoms with Crippen LogP contribution >= 0.6 is 11.6 Å². The second-order valence-electron chi connectivity index (χ2n) is 4.95. The molecule has 3 nitrogen and oxygen atoms in total. The summed E-state index contributed by atoms with van der Waals surface area (Å²) >= 11 is 5.73. The van der Waals surface area contributed by atoms with E-state index < -0.39 is 5.82 Å². The summed E-state index contributed by atoms with van der Waals surface area (Å²) in [5.74, 6) is -0.450. The third kappa shape index (κ3) is 1.79. The predicted molar refractivity (Wildman–Crippen MR) is 69.4 cm³/mol. The van der Waals surface area contributed by atoms with Crippen molar-refractivity contribution in [3.63, 3.8) is 0 Å². The van der Waals surface area contributed by atoms with Crippen LogP contribution in [0.2, 0.25) is 5.15 Å². The Hall–Kier alpha value is -1.16. The maximum absolute atomic E-state index is 14.0. The van der Waals surface area contributed by atoms with Crippen LogP contribution in [-0.4, -0.2) is 14.8 Å². The Bertz CT molecular complexity index is 587. The van der Waals surface area contributed by atoms with Crippen molar-refractivity contribution in [2.75, 3.05) is 0 Å². The maximum atomic E-state index is 14.0. The number of nitrogens with zero attached hydrogens (tertiary/aromatic N) is 3. The number of halogens is 2. The molecule has 2 aromatic rings. The fourth-order valence-corrected chi connectivity index (χ4v) is 2.99. The van der Waals surface area contributed by atoms with Gasteiger partial charge in [0.1, 0.15) is 0 Å². The van der Waals surface area contributed by atoms with Gasteiger partial charge in [-0.1, -0.05) is 30.9 Å². The Morgan fingerprint density at radius 3 is 2.78 bits per heavy atom. The summed E-state index contributed by atoms with van der Waals surface area (Å²) < 4.78 is 15.9. The summed E-state index contributed by atoms with van der Waals surface area (Å²) in [6.45, 7) is 1.82. The smallest absolute Gasteiger partial charge is 0.171 e. The standard InChI is InChI=1S/C13H15ClFN3/c1-8-11-10(7-16-13(14)12(11)15)18(17-8)9-5-3-2-4-6-9/h7,9H,2-6H2,1H3. The number of hydrogen-bond acceptors (Lipinski definition) is 2. The van der Waals surface area contributed by atoms with E-state index in [0.717, 1.165) is 18.4 Å². The average Bonchev–Trinajstić information content (AvgIpc) is 2.73. The molecule has 0 aliphatic heterocycles. The van der Waals surface area contributed by atoms with Crippen LogP contribution in [-0.2, 0) is 0 Å². The van der Waals surface area contributed by atoms with Gasteiger partial charge in [-0.05, 0) is 19.8 Å². The Balaban J connectivity index is 2.16. The Labute approximate surface area is 110 Å². The molecule has 0 radical (unpaired) electrons. The van der Waals surface area contributed by atoms with E-state index in [1.54, 1.807) is 6.20 Å². The molecule has 18 heavy (non-hydrogen) atoms. The number of pyridine rings is 1. The van der Waals surface area contributed by atoms with Gasteiger partial charge in [0.2, 0.25) is 0 Å². The van der Waals surface area contributed by atoms with Crippen LogP contribution in [0.5, 0.6) is 0 Å². The lowest BCUT2D eigenvalue weighted by atomic mass is 9.95. The number of aromatic nitrogens is 3. The maximum Gasteiger partial charge on any atom is 0.171 e. The fourth-order valence-electron chi connectivity index (χ4n) is 2.84. The van der Waals surface area contributed by atoms with Crippen LogP contribution in [0.3, 0.4) is 0 Å². The highest BCUT2D eigenvalue weighted by molar-refractivity contribution is 6.30. The van der Waals surface area contributed by atoms with Gasteiger partial charge in [-0.3, -0.25) is 4.68 Å². The molecule has 2 heterocycles. The number of aryl methyl sites for hydroxylation is 1. The van der Waals surface area contributed by atoms with Crippen molar-refractivity contribution < 1.29 is 4.39 Å². The van der Waals surface area contributed by atoms with Crippen molar-refractivity contribution >= 4 is 22.5 Å². The molecule has 0 spiro atoms. The Morgan fingerprint density at radius 1 is 1.33 bits per heavy atom. The van der Waals surface area contributed by atoms with Gasteiger partial charge in [-0.15, -0.1) is 0 Å². The lowest BCUT2D eigenvalue weighted by molar-refractivity contribution is 0.336. The normalized spacial score (nSPS) is 17.5. The molecule has 0 N–H and O–H groups in total. The minimum Gasteiger partial charge on any atom is -0.260 e. The largest absolute Gasteiger partial charge is 0.260 e. The molecular formula is C13H15ClFN3. The van der Waals surface area contributed by atoms with Crippen molar-refractivity contribution in [1.82, 2.24) is 14.8 Å². The summed E-state index contributed by atoms with van der Waals surface area (Å²) in [4.78, 5) is 3.91. The zero-order valence-electron chi connectivity index (χ0n) is 10.3. The third-order valence-corrected chi connectivity index (χ3v) is 4.01. The third-order valence-electron chi connectivity index (χ3n) is 3.74. The van der Waals surface area contributed by atoms with Crippen LogP contribution in [0.1, 0.15) is 43.8 Å². The molecular weight excluding hydrogens is 253 g/mol. The van der Waals surface area contributed by atoms with Gasteiger partial charge in [-0.2, -0.15) is 5.10 Å². The van der Waals surface area contributed by atoms with Crippen LogP contribution in [0, 0.1) is 12.7 Å². The van der Waals surface area contributed by atoms with Crippen LogP contribution < -0.4 is 0 Å². The van der Waals surface area contributed by atoms with Crippen LogP contribution in [0.25, 0.3) is 10.9 Å². The molecule has 1 saturated carbocycles. The molecule has 0 amide bonds. The predicted octanol–water partition coefficient (Wildman–Crippen LogP) is 4.04. The molecule has 96 valence electrons. The van der Waals surface area contributed by atoms with Crippen molar-refractivity contribution in [2.24, 2.45) is 0 Å². The second kappa shape index (κ2) is 4.50. The molecule has 0 aromatic carbocycles. The van der Waals surface area contributed by atoms with E-state index in [0.29, 0.717) is 17.1 Å². The van der Waals surface area contributed by atoms with Gasteiger partial charge in [0.05, 0.1) is 28.8 Å². The lowest BCUT2D eigenvalue weighted by Gasteiger charge is -2.22. The highest BCUT2D eigenvalue weighted by atomic mass is 35.5. The number of rotatable bonds is 1. The molecule has 2 aromatic heterocycles. The van der Waals surface area contributed by atoms with Gasteiger partial charge in [0.25, 0.3) is 0 Å². The molecule has 0 saturated heterocycles. The minimum atomic E-state index is -0.450. The van der Waals surface area contributed by atoms with Crippen molar-refractivity contribution in [3.05, 3.63) is 22.9 Å². The summed E-state index contributed by atoms with van der Waals surface area (Å²) in [6.07, 6.45) is 7.58. The molecule has 1 fully saturated rings. The zero-order valence-corrected chi connectivity index (χ0v) is 11.0. The fraction of sp³-hybridized carbons (Fsp3) is 0.538. The molecule has 0 bridgehead atoms. The first-order valence-electron chi connectivity index (χ1n) is 6.37. The summed E-state index contributed by atoms with van der Waals surface area (Å²) in [6, 6.07) is 0.373. The number of fused-ring (bicyclic) bond motifs is 1. The van der Waals surface area contributed by atoms with E-state index >= 15 is 0 Å². The topological polar surface area (TPSA) is 30.7 Å². The van der Waals surface area contributed by atoms with Crippen molar-refractivity contribution in [3.8, 4) is 0 Å². The van der Waals surface area contributed by atoms with Gasteiger partial charge < -0.3 is 0 Å². The molecule has 0 atom stereocenters. The highest BCUT2D eigenvalue weighted by Gasteiger charge is 2.22. The Kier molecular flexibility index (Phi) is 2.98. The molecule has 1 aliphatic rings. The summed E-state index contributed by atoms with van der Waals surface area (Å²) in [5, 5.41) is 4.93. The van der Waals surface area contributed by atoms with E-state index in [-0.39, 0.29) is 5.15 Å². The quantitative estimate of drug-likeness (QED) is 0.730. The minimum absolute atomic E-state index is 0.0752. The van der Waals surface area contributed by atoms with Crippen LogP contribution in [0.4, 0.5) is 4.39 Å². The second-order valence-corrected chi connectivity index (χ2v) is 5.30. The van der Waals surface area contributed by atoms with Gasteiger partial charge in [0, 0.05) is 0 Å². The first-order chi connectivity index (χ1) is 8.68. The molecule has 1 aliphatic carbocycles. The average molecular weight is 268 g/mol. The van der Waals surface area contributed by atoms with E-state index in [1.165, 1.54) is 19.3 Å². The van der Waals surface area contributed by atoms with E-state index in [4.69, 9.17) is 11.6 Å². The van der Waals surface area contributed by atoms with E-state index in [9.17, 15) is 4.39 Å². The molecule has 5 heteroatoms. The van der Waals surface area contributed by atoms with Gasteiger partial charge in [0.15, 0.2) is 11.0 Å².